The molecule has 2 N–H and O–H groups in total. The van der Waals surface area contributed by atoms with Crippen molar-refractivity contribution in [2.24, 2.45) is 0 Å². The maximum absolute atomic E-state index is 12.7. The molecule has 0 aromatic heterocycles. The van der Waals surface area contributed by atoms with Crippen molar-refractivity contribution in [1.82, 2.24) is 9.62 Å². The van der Waals surface area contributed by atoms with Crippen molar-refractivity contribution in [3.05, 3.63) is 29.8 Å². The SMILES string of the molecule is C[C@@H](NC(=O)c1cccc(S(=O)(=O)N2CCCCCC2)c1)C(=O)O. The molecule has 0 saturated carbocycles. The average Bonchev–Trinajstić information content (AvgIpc) is 2.84. The molecule has 1 heterocycles. The molecule has 0 aliphatic carbocycles. The lowest BCUT2D eigenvalue weighted by Gasteiger charge is -2.20. The summed E-state index contributed by atoms with van der Waals surface area (Å²) in [5.41, 5.74) is 0.124. The topological polar surface area (TPSA) is 104 Å². The fraction of sp³-hybridized carbons (Fsp3) is 0.500. The van der Waals surface area contributed by atoms with Gasteiger partial charge in [0.1, 0.15) is 6.04 Å². The first-order chi connectivity index (χ1) is 11.3. The number of rotatable bonds is 5. The molecule has 0 radical (unpaired) electrons. The summed E-state index contributed by atoms with van der Waals surface area (Å²) in [6.07, 6.45) is 3.69. The largest absolute Gasteiger partial charge is 0.480 e. The maximum Gasteiger partial charge on any atom is 0.325 e. The Balaban J connectivity index is 2.22. The molecule has 1 saturated heterocycles. The number of hydrogen-bond donors (Lipinski definition) is 2. The zero-order chi connectivity index (χ0) is 17.7. The Hall–Kier alpha value is -1.93. The number of sulfonamides is 1. The predicted molar refractivity (Wildman–Crippen MR) is 88.2 cm³/mol. The lowest BCUT2D eigenvalue weighted by Crippen LogP contribution is -2.38. The number of carbonyl (C=O) groups is 2. The van der Waals surface area contributed by atoms with Gasteiger partial charge < -0.3 is 10.4 Å². The van der Waals surface area contributed by atoms with Crippen LogP contribution in [0.5, 0.6) is 0 Å². The summed E-state index contributed by atoms with van der Waals surface area (Å²) in [7, 11) is -3.65. The van der Waals surface area contributed by atoms with E-state index in [-0.39, 0.29) is 10.5 Å². The van der Waals surface area contributed by atoms with Gasteiger partial charge in [0.2, 0.25) is 10.0 Å². The molecule has 0 unspecified atom stereocenters. The first kappa shape index (κ1) is 18.4. The second kappa shape index (κ2) is 7.76. The normalized spacial score (nSPS) is 17.7. The third-order valence-electron chi connectivity index (χ3n) is 4.02. The van der Waals surface area contributed by atoms with E-state index >= 15 is 0 Å². The van der Waals surface area contributed by atoms with Crippen LogP contribution in [0.2, 0.25) is 0 Å². The van der Waals surface area contributed by atoms with E-state index in [1.54, 1.807) is 0 Å². The lowest BCUT2D eigenvalue weighted by molar-refractivity contribution is -0.138. The van der Waals surface area contributed by atoms with E-state index in [2.05, 4.69) is 5.32 Å². The molecule has 1 aliphatic rings. The van der Waals surface area contributed by atoms with Gasteiger partial charge in [-0.05, 0) is 38.0 Å². The van der Waals surface area contributed by atoms with Gasteiger partial charge in [0, 0.05) is 18.7 Å². The zero-order valence-electron chi connectivity index (χ0n) is 13.6. The molecule has 0 bridgehead atoms. The Morgan fingerprint density at radius 2 is 1.79 bits per heavy atom. The van der Waals surface area contributed by atoms with Crippen LogP contribution >= 0.6 is 0 Å². The van der Waals surface area contributed by atoms with Gasteiger partial charge in [-0.25, -0.2) is 8.42 Å². The number of benzene rings is 1. The van der Waals surface area contributed by atoms with Crippen molar-refractivity contribution in [3.8, 4) is 0 Å². The predicted octanol–water partition coefficient (Wildman–Crippen LogP) is 1.45. The first-order valence-electron chi connectivity index (χ1n) is 7.96. The van der Waals surface area contributed by atoms with Crippen LogP contribution < -0.4 is 5.32 Å². The minimum atomic E-state index is -3.65. The molecule has 2 rings (SSSR count). The molecule has 8 heteroatoms. The highest BCUT2D eigenvalue weighted by Gasteiger charge is 2.26. The Morgan fingerprint density at radius 1 is 1.17 bits per heavy atom. The van der Waals surface area contributed by atoms with Crippen LogP contribution in [-0.4, -0.2) is 48.8 Å². The average molecular weight is 354 g/mol. The summed E-state index contributed by atoms with van der Waals surface area (Å²) in [5, 5.41) is 11.2. The van der Waals surface area contributed by atoms with E-state index in [0.717, 1.165) is 25.7 Å². The number of carbonyl (C=O) groups excluding carboxylic acids is 1. The van der Waals surface area contributed by atoms with Crippen molar-refractivity contribution < 1.29 is 23.1 Å². The van der Waals surface area contributed by atoms with Crippen molar-refractivity contribution in [3.63, 3.8) is 0 Å². The number of carboxylic acids is 1. The molecular weight excluding hydrogens is 332 g/mol. The molecule has 1 fully saturated rings. The number of nitrogens with zero attached hydrogens (tertiary/aromatic N) is 1. The van der Waals surface area contributed by atoms with Crippen molar-refractivity contribution in [2.75, 3.05) is 13.1 Å². The summed E-state index contributed by atoms with van der Waals surface area (Å²) in [4.78, 5) is 23.0. The Labute approximate surface area is 141 Å². The molecule has 7 nitrogen and oxygen atoms in total. The monoisotopic (exact) mass is 354 g/mol. The summed E-state index contributed by atoms with van der Waals surface area (Å²) in [6.45, 7) is 2.31. The Morgan fingerprint density at radius 3 is 2.38 bits per heavy atom. The molecule has 1 aliphatic heterocycles. The molecule has 0 spiro atoms. The van der Waals surface area contributed by atoms with Crippen molar-refractivity contribution in [1.29, 1.82) is 0 Å². The van der Waals surface area contributed by atoms with Gasteiger partial charge in [-0.3, -0.25) is 9.59 Å². The number of aliphatic carboxylic acids is 1. The van der Waals surface area contributed by atoms with E-state index < -0.39 is 27.9 Å². The van der Waals surface area contributed by atoms with Crippen LogP contribution in [0.4, 0.5) is 0 Å². The fourth-order valence-corrected chi connectivity index (χ4v) is 4.13. The first-order valence-corrected chi connectivity index (χ1v) is 9.40. The van der Waals surface area contributed by atoms with E-state index in [1.807, 2.05) is 0 Å². The quantitative estimate of drug-likeness (QED) is 0.833. The van der Waals surface area contributed by atoms with Gasteiger partial charge in [-0.2, -0.15) is 4.31 Å². The number of nitrogens with one attached hydrogen (secondary N) is 1. The van der Waals surface area contributed by atoms with E-state index in [1.165, 1.54) is 35.5 Å². The summed E-state index contributed by atoms with van der Waals surface area (Å²) >= 11 is 0. The van der Waals surface area contributed by atoms with Crippen LogP contribution in [0.25, 0.3) is 0 Å². The molecule has 1 aromatic carbocycles. The van der Waals surface area contributed by atoms with Gasteiger partial charge in [0.15, 0.2) is 0 Å². The Kier molecular flexibility index (Phi) is 5.95. The maximum atomic E-state index is 12.7. The molecule has 132 valence electrons. The van der Waals surface area contributed by atoms with Gasteiger partial charge in [-0.1, -0.05) is 18.9 Å². The molecule has 1 amide bonds. The van der Waals surface area contributed by atoms with Gasteiger partial charge in [-0.15, -0.1) is 0 Å². The number of carboxylic acid groups (broad SMARTS) is 1. The summed E-state index contributed by atoms with van der Waals surface area (Å²) in [6, 6.07) is 4.65. The van der Waals surface area contributed by atoms with Crippen LogP contribution in [0.15, 0.2) is 29.2 Å². The zero-order valence-corrected chi connectivity index (χ0v) is 14.4. The Bertz CT molecular complexity index is 709. The number of hydrogen-bond acceptors (Lipinski definition) is 4. The van der Waals surface area contributed by atoms with E-state index in [9.17, 15) is 18.0 Å². The summed E-state index contributed by atoms with van der Waals surface area (Å²) < 4.78 is 26.9. The fourth-order valence-electron chi connectivity index (χ4n) is 2.57. The minimum Gasteiger partial charge on any atom is -0.480 e. The number of amides is 1. The van der Waals surface area contributed by atoms with Crippen LogP contribution in [0.1, 0.15) is 43.0 Å². The van der Waals surface area contributed by atoms with E-state index in [0.29, 0.717) is 13.1 Å². The lowest BCUT2D eigenvalue weighted by atomic mass is 10.2. The van der Waals surface area contributed by atoms with Crippen molar-refractivity contribution >= 4 is 21.9 Å². The van der Waals surface area contributed by atoms with Crippen LogP contribution in [0, 0.1) is 0 Å². The van der Waals surface area contributed by atoms with Crippen LogP contribution in [0.3, 0.4) is 0 Å². The van der Waals surface area contributed by atoms with Gasteiger partial charge in [0.05, 0.1) is 4.90 Å². The third kappa shape index (κ3) is 4.33. The standard InChI is InChI=1S/C16H22N2O5S/c1-12(16(20)21)17-15(19)13-7-6-8-14(11-13)24(22,23)18-9-4-2-3-5-10-18/h6-8,11-12H,2-5,9-10H2,1H3,(H,17,19)(H,20,21)/t12-/m1/s1. The second-order valence-corrected chi connectivity index (χ2v) is 7.82. The highest BCUT2D eigenvalue weighted by molar-refractivity contribution is 7.89. The van der Waals surface area contributed by atoms with Gasteiger partial charge in [0.25, 0.3) is 5.91 Å². The second-order valence-electron chi connectivity index (χ2n) is 5.88. The highest BCUT2D eigenvalue weighted by Crippen LogP contribution is 2.21. The molecule has 24 heavy (non-hydrogen) atoms. The van der Waals surface area contributed by atoms with E-state index in [4.69, 9.17) is 5.11 Å². The third-order valence-corrected chi connectivity index (χ3v) is 5.91. The van der Waals surface area contributed by atoms with Crippen LogP contribution in [-0.2, 0) is 14.8 Å². The smallest absolute Gasteiger partial charge is 0.325 e. The molecular formula is C16H22N2O5S. The summed E-state index contributed by atoms with van der Waals surface area (Å²) in [5.74, 6) is -1.77. The van der Waals surface area contributed by atoms with Crippen molar-refractivity contribution in [2.45, 2.75) is 43.5 Å². The minimum absolute atomic E-state index is 0.0556. The molecule has 1 aromatic rings. The van der Waals surface area contributed by atoms with Gasteiger partial charge >= 0.3 is 5.97 Å². The highest BCUT2D eigenvalue weighted by atomic mass is 32.2. The molecule has 1 atom stereocenters.